The number of hydrogen-bond acceptors (Lipinski definition) is 4. The molecule has 2 amide bonds. The average Bonchev–Trinajstić information content (AvgIpc) is 2.83. The van der Waals surface area contributed by atoms with Gasteiger partial charge in [0.15, 0.2) is 5.60 Å². The highest BCUT2D eigenvalue weighted by atomic mass is 35.5. The minimum Gasteiger partial charge on any atom is -0.372 e. The molecule has 1 atom stereocenters. The van der Waals surface area contributed by atoms with Crippen molar-refractivity contribution in [2.75, 3.05) is 18.0 Å². The highest BCUT2D eigenvalue weighted by molar-refractivity contribution is 6.35. The number of rotatable bonds is 5. The summed E-state index contributed by atoms with van der Waals surface area (Å²) in [6.45, 7) is 6.75. The summed E-state index contributed by atoms with van der Waals surface area (Å²) < 4.78 is 0. The van der Waals surface area contributed by atoms with Crippen LogP contribution in [0, 0.1) is 0 Å². The number of carbonyl (C=O) groups excluding carboxylic acids is 2. The maximum Gasteiger partial charge on any atom is 0.268 e. The Kier molecular flexibility index (Phi) is 5.66. The molecule has 1 aliphatic heterocycles. The Labute approximate surface area is 179 Å². The molecule has 154 valence electrons. The topological polar surface area (TPSA) is 95.7 Å². The SMILES string of the molecule is CC(C)(C)NCCN1C(=O)C(O)(c2ccccc2Cl)c2c(Cl)cc(C(N)=O)cc21. The van der Waals surface area contributed by atoms with Crippen LogP contribution in [-0.4, -0.2) is 35.5 Å². The zero-order chi connectivity index (χ0) is 21.6. The van der Waals surface area contributed by atoms with Gasteiger partial charge >= 0.3 is 0 Å². The molecular formula is C21H23Cl2N3O3. The molecule has 4 N–H and O–H groups in total. The molecule has 8 heteroatoms. The quantitative estimate of drug-likeness (QED) is 0.672. The van der Waals surface area contributed by atoms with Crippen LogP contribution in [0.4, 0.5) is 5.69 Å². The number of anilines is 1. The standard InChI is InChI=1S/C21H23Cl2N3O3/c1-20(2,3)25-8-9-26-16-11-12(18(24)27)10-15(23)17(16)21(29,19(26)28)13-6-4-5-7-14(13)22/h4-7,10-11,25,29H,8-9H2,1-3H3,(H2,24,27). The Balaban J connectivity index is 2.16. The minimum absolute atomic E-state index is 0.0679. The summed E-state index contributed by atoms with van der Waals surface area (Å²) >= 11 is 12.7. The number of amides is 2. The fraction of sp³-hybridized carbons (Fsp3) is 0.333. The van der Waals surface area contributed by atoms with Crippen LogP contribution in [0.1, 0.15) is 42.3 Å². The second kappa shape index (κ2) is 7.61. The number of benzene rings is 2. The van der Waals surface area contributed by atoms with Crippen LogP contribution in [-0.2, 0) is 10.4 Å². The lowest BCUT2D eigenvalue weighted by Crippen LogP contribution is -2.46. The maximum atomic E-state index is 13.4. The van der Waals surface area contributed by atoms with Crippen molar-refractivity contribution >= 4 is 40.7 Å². The van der Waals surface area contributed by atoms with E-state index in [4.69, 9.17) is 28.9 Å². The smallest absolute Gasteiger partial charge is 0.268 e. The molecule has 1 unspecified atom stereocenters. The molecule has 3 rings (SSSR count). The monoisotopic (exact) mass is 435 g/mol. The molecule has 0 spiro atoms. The van der Waals surface area contributed by atoms with Gasteiger partial charge in [0.25, 0.3) is 5.91 Å². The third kappa shape index (κ3) is 3.85. The van der Waals surface area contributed by atoms with E-state index in [1.807, 2.05) is 20.8 Å². The predicted octanol–water partition coefficient (Wildman–Crippen LogP) is 3.06. The summed E-state index contributed by atoms with van der Waals surface area (Å²) in [5, 5.41) is 15.2. The first-order chi connectivity index (χ1) is 13.5. The van der Waals surface area contributed by atoms with Gasteiger partial charge in [-0.05, 0) is 39.0 Å². The van der Waals surface area contributed by atoms with Crippen molar-refractivity contribution in [2.45, 2.75) is 31.9 Å². The molecule has 0 saturated carbocycles. The van der Waals surface area contributed by atoms with E-state index in [1.165, 1.54) is 17.0 Å². The van der Waals surface area contributed by atoms with Gasteiger partial charge in [0.1, 0.15) is 0 Å². The van der Waals surface area contributed by atoms with E-state index in [2.05, 4.69) is 5.32 Å². The summed E-state index contributed by atoms with van der Waals surface area (Å²) in [6.07, 6.45) is 0. The van der Waals surface area contributed by atoms with Crippen molar-refractivity contribution in [3.05, 3.63) is 63.1 Å². The van der Waals surface area contributed by atoms with Crippen molar-refractivity contribution in [3.8, 4) is 0 Å². The lowest BCUT2D eigenvalue weighted by Gasteiger charge is -2.26. The van der Waals surface area contributed by atoms with E-state index in [9.17, 15) is 14.7 Å². The molecule has 1 heterocycles. The minimum atomic E-state index is -2.07. The molecule has 0 saturated heterocycles. The molecule has 0 radical (unpaired) electrons. The van der Waals surface area contributed by atoms with Gasteiger partial charge in [-0.3, -0.25) is 9.59 Å². The largest absolute Gasteiger partial charge is 0.372 e. The van der Waals surface area contributed by atoms with Gasteiger partial charge in [-0.1, -0.05) is 41.4 Å². The van der Waals surface area contributed by atoms with Gasteiger partial charge in [-0.15, -0.1) is 0 Å². The number of fused-ring (bicyclic) bond motifs is 1. The summed E-state index contributed by atoms with van der Waals surface area (Å²) in [7, 11) is 0. The fourth-order valence-electron chi connectivity index (χ4n) is 3.49. The molecule has 29 heavy (non-hydrogen) atoms. The van der Waals surface area contributed by atoms with Crippen molar-refractivity contribution in [1.82, 2.24) is 5.32 Å². The Morgan fingerprint density at radius 3 is 2.45 bits per heavy atom. The molecular weight excluding hydrogens is 413 g/mol. The summed E-state index contributed by atoms with van der Waals surface area (Å²) in [6, 6.07) is 9.40. The Morgan fingerprint density at radius 2 is 1.86 bits per heavy atom. The van der Waals surface area contributed by atoms with Gasteiger partial charge in [-0.25, -0.2) is 0 Å². The first-order valence-electron chi connectivity index (χ1n) is 9.15. The molecule has 0 bridgehead atoms. The van der Waals surface area contributed by atoms with Gasteiger partial charge in [-0.2, -0.15) is 0 Å². The van der Waals surface area contributed by atoms with Crippen molar-refractivity contribution in [3.63, 3.8) is 0 Å². The molecule has 0 aromatic heterocycles. The Hall–Kier alpha value is -2.12. The first-order valence-corrected chi connectivity index (χ1v) is 9.90. The normalized spacial score (nSPS) is 18.8. The van der Waals surface area contributed by atoms with E-state index in [0.717, 1.165) is 0 Å². The Morgan fingerprint density at radius 1 is 1.21 bits per heavy atom. The van der Waals surface area contributed by atoms with Crippen LogP contribution >= 0.6 is 23.2 Å². The molecule has 2 aromatic rings. The zero-order valence-corrected chi connectivity index (χ0v) is 17.9. The highest BCUT2D eigenvalue weighted by Crippen LogP contribution is 2.49. The van der Waals surface area contributed by atoms with Crippen molar-refractivity contribution in [2.24, 2.45) is 5.73 Å². The number of hydrogen-bond donors (Lipinski definition) is 3. The first kappa shape index (κ1) is 21.6. The van der Waals surface area contributed by atoms with Gasteiger partial charge in [0, 0.05) is 40.3 Å². The predicted molar refractivity (Wildman–Crippen MR) is 115 cm³/mol. The van der Waals surface area contributed by atoms with Crippen LogP contribution in [0.15, 0.2) is 36.4 Å². The number of nitrogens with two attached hydrogens (primary N) is 1. The van der Waals surface area contributed by atoms with Crippen LogP contribution < -0.4 is 16.0 Å². The van der Waals surface area contributed by atoms with Crippen LogP contribution in [0.3, 0.4) is 0 Å². The Bertz CT molecular complexity index is 988. The number of carbonyl (C=O) groups is 2. The third-order valence-electron chi connectivity index (χ3n) is 4.82. The van der Waals surface area contributed by atoms with Crippen LogP contribution in [0.25, 0.3) is 0 Å². The fourth-order valence-corrected chi connectivity index (χ4v) is 4.11. The molecule has 2 aromatic carbocycles. The summed E-state index contributed by atoms with van der Waals surface area (Å²) in [4.78, 5) is 26.6. The van der Waals surface area contributed by atoms with Crippen molar-refractivity contribution in [1.29, 1.82) is 0 Å². The van der Waals surface area contributed by atoms with Crippen LogP contribution in [0.2, 0.25) is 10.0 Å². The second-order valence-electron chi connectivity index (χ2n) is 8.04. The van der Waals surface area contributed by atoms with Crippen LogP contribution in [0.5, 0.6) is 0 Å². The zero-order valence-electron chi connectivity index (χ0n) is 16.4. The molecule has 0 aliphatic carbocycles. The number of aliphatic hydroxyl groups is 1. The van der Waals surface area contributed by atoms with E-state index < -0.39 is 17.4 Å². The van der Waals surface area contributed by atoms with Gasteiger partial charge in [0.2, 0.25) is 5.91 Å². The summed E-state index contributed by atoms with van der Waals surface area (Å²) in [5.41, 5.74) is 4.11. The van der Waals surface area contributed by atoms with E-state index in [0.29, 0.717) is 12.2 Å². The lowest BCUT2D eigenvalue weighted by atomic mass is 9.87. The van der Waals surface area contributed by atoms with E-state index in [-0.39, 0.29) is 38.8 Å². The number of nitrogens with zero attached hydrogens (tertiary/aromatic N) is 1. The summed E-state index contributed by atoms with van der Waals surface area (Å²) in [5.74, 6) is -1.26. The molecule has 6 nitrogen and oxygen atoms in total. The maximum absolute atomic E-state index is 13.4. The molecule has 0 fully saturated rings. The lowest BCUT2D eigenvalue weighted by molar-refractivity contribution is -0.132. The second-order valence-corrected chi connectivity index (χ2v) is 8.85. The average molecular weight is 436 g/mol. The third-order valence-corrected chi connectivity index (χ3v) is 5.44. The number of primary amides is 1. The van der Waals surface area contributed by atoms with E-state index in [1.54, 1.807) is 24.3 Å². The number of halogens is 2. The number of nitrogens with one attached hydrogen (secondary N) is 1. The van der Waals surface area contributed by atoms with Crippen molar-refractivity contribution < 1.29 is 14.7 Å². The highest BCUT2D eigenvalue weighted by Gasteiger charge is 2.53. The van der Waals surface area contributed by atoms with Gasteiger partial charge < -0.3 is 21.1 Å². The van der Waals surface area contributed by atoms with E-state index >= 15 is 0 Å². The van der Waals surface area contributed by atoms with Gasteiger partial charge in [0.05, 0.1) is 10.7 Å². The molecule has 1 aliphatic rings.